The molecular formula is C17H15N7O2. The molecule has 9 heteroatoms. The van der Waals surface area contributed by atoms with Crippen LogP contribution in [0.2, 0.25) is 0 Å². The van der Waals surface area contributed by atoms with Gasteiger partial charge in [-0.05, 0) is 31.5 Å². The van der Waals surface area contributed by atoms with Gasteiger partial charge in [-0.15, -0.1) is 10.2 Å². The van der Waals surface area contributed by atoms with Gasteiger partial charge in [0.25, 0.3) is 0 Å². The highest BCUT2D eigenvalue weighted by molar-refractivity contribution is 5.91. The number of aromatic nitrogens is 4. The topological polar surface area (TPSA) is 125 Å². The summed E-state index contributed by atoms with van der Waals surface area (Å²) in [6, 6.07) is 7.60. The minimum absolute atomic E-state index is 0.0407. The number of amides is 1. The summed E-state index contributed by atoms with van der Waals surface area (Å²) < 4.78 is 8.53. The van der Waals surface area contributed by atoms with Crippen molar-refractivity contribution in [3.05, 3.63) is 53.1 Å². The lowest BCUT2D eigenvalue weighted by Gasteiger charge is -2.12. The molecule has 0 aliphatic carbocycles. The summed E-state index contributed by atoms with van der Waals surface area (Å²) in [7, 11) is 0. The van der Waals surface area contributed by atoms with Crippen LogP contribution in [0.4, 0.5) is 5.82 Å². The van der Waals surface area contributed by atoms with Gasteiger partial charge >= 0.3 is 0 Å². The molecule has 3 aromatic rings. The van der Waals surface area contributed by atoms with Crippen LogP contribution in [0.3, 0.4) is 0 Å². The predicted octanol–water partition coefficient (Wildman–Crippen LogP) is 1.72. The molecule has 0 saturated heterocycles. The molecule has 1 amide bonds. The van der Waals surface area contributed by atoms with Crippen LogP contribution in [0.15, 0.2) is 29.1 Å². The maximum Gasteiger partial charge on any atom is 0.245 e. The molecule has 0 unspecified atom stereocenters. The Morgan fingerprint density at radius 2 is 2.15 bits per heavy atom. The zero-order valence-corrected chi connectivity index (χ0v) is 14.2. The van der Waals surface area contributed by atoms with E-state index in [-0.39, 0.29) is 12.4 Å². The van der Waals surface area contributed by atoms with Gasteiger partial charge < -0.3 is 14.3 Å². The molecule has 0 radical (unpaired) electrons. The molecule has 26 heavy (non-hydrogen) atoms. The minimum atomic E-state index is -0.393. The standard InChI is InChI=1S/C17H15N7O2/c1-11-12(2)24(8-13-4-3-5-26-13)17(14(11)6-18)21-16(25)9-23-10-20-22-15(23)7-19/h3-5,10H,8-9H2,1-2H3,(H,21,25). The highest BCUT2D eigenvalue weighted by Crippen LogP contribution is 2.27. The monoisotopic (exact) mass is 349 g/mol. The molecule has 3 heterocycles. The number of furan rings is 1. The first kappa shape index (κ1) is 17.0. The molecule has 130 valence electrons. The Bertz CT molecular complexity index is 1030. The van der Waals surface area contributed by atoms with Gasteiger partial charge in [-0.2, -0.15) is 10.5 Å². The highest BCUT2D eigenvalue weighted by atomic mass is 16.3. The van der Waals surface area contributed by atoms with Gasteiger partial charge in [-0.3, -0.25) is 9.36 Å². The van der Waals surface area contributed by atoms with Crippen molar-refractivity contribution in [2.45, 2.75) is 26.9 Å². The van der Waals surface area contributed by atoms with Gasteiger partial charge in [0.05, 0.1) is 18.4 Å². The van der Waals surface area contributed by atoms with E-state index in [2.05, 4.69) is 21.6 Å². The normalized spacial score (nSPS) is 10.3. The van der Waals surface area contributed by atoms with Crippen molar-refractivity contribution >= 4 is 11.7 Å². The second kappa shape index (κ2) is 6.95. The molecule has 0 atom stereocenters. The summed E-state index contributed by atoms with van der Waals surface area (Å²) in [5.41, 5.74) is 2.04. The SMILES string of the molecule is Cc1c(C#N)c(NC(=O)Cn2cnnc2C#N)n(Cc2ccco2)c1C. The van der Waals surface area contributed by atoms with Crippen molar-refractivity contribution in [2.24, 2.45) is 0 Å². The van der Waals surface area contributed by atoms with Gasteiger partial charge in [-0.25, -0.2) is 0 Å². The first-order valence-electron chi connectivity index (χ1n) is 7.75. The number of anilines is 1. The van der Waals surface area contributed by atoms with Crippen LogP contribution in [0.25, 0.3) is 0 Å². The first-order valence-corrected chi connectivity index (χ1v) is 7.75. The van der Waals surface area contributed by atoms with E-state index in [1.807, 2.05) is 30.6 Å². The number of rotatable bonds is 5. The van der Waals surface area contributed by atoms with Gasteiger partial charge in [0.15, 0.2) is 0 Å². The Hall–Kier alpha value is -3.85. The van der Waals surface area contributed by atoms with E-state index in [1.165, 1.54) is 10.9 Å². The second-order valence-corrected chi connectivity index (χ2v) is 5.65. The van der Waals surface area contributed by atoms with Crippen LogP contribution in [0.5, 0.6) is 0 Å². The fourth-order valence-electron chi connectivity index (χ4n) is 2.67. The third-order valence-electron chi connectivity index (χ3n) is 4.12. The Kier molecular flexibility index (Phi) is 4.54. The number of nitriles is 2. The lowest BCUT2D eigenvalue weighted by molar-refractivity contribution is -0.116. The third kappa shape index (κ3) is 3.06. The zero-order chi connectivity index (χ0) is 18.7. The zero-order valence-electron chi connectivity index (χ0n) is 14.2. The largest absolute Gasteiger partial charge is 0.467 e. The molecule has 0 bridgehead atoms. The Morgan fingerprint density at radius 3 is 2.81 bits per heavy atom. The van der Waals surface area contributed by atoms with Crippen molar-refractivity contribution in [3.8, 4) is 12.1 Å². The molecule has 0 aromatic carbocycles. The van der Waals surface area contributed by atoms with Crippen LogP contribution in [0.1, 0.15) is 28.4 Å². The molecular weight excluding hydrogens is 334 g/mol. The molecule has 0 fully saturated rings. The molecule has 0 spiro atoms. The summed E-state index contributed by atoms with van der Waals surface area (Å²) in [6.45, 7) is 3.95. The summed E-state index contributed by atoms with van der Waals surface area (Å²) in [5, 5.41) is 28.5. The van der Waals surface area contributed by atoms with Crippen LogP contribution in [-0.2, 0) is 17.9 Å². The number of carbonyl (C=O) groups excluding carboxylic acids is 1. The van der Waals surface area contributed by atoms with E-state index in [1.54, 1.807) is 12.3 Å². The molecule has 3 rings (SSSR count). The van der Waals surface area contributed by atoms with E-state index in [9.17, 15) is 10.1 Å². The van der Waals surface area contributed by atoms with Crippen LogP contribution >= 0.6 is 0 Å². The quantitative estimate of drug-likeness (QED) is 0.747. The lowest BCUT2D eigenvalue weighted by atomic mass is 10.2. The first-order chi connectivity index (χ1) is 12.5. The van der Waals surface area contributed by atoms with Crippen LogP contribution in [0, 0.1) is 36.5 Å². The predicted molar refractivity (Wildman–Crippen MR) is 89.8 cm³/mol. The van der Waals surface area contributed by atoms with Crippen molar-refractivity contribution in [1.29, 1.82) is 10.5 Å². The van der Waals surface area contributed by atoms with Crippen molar-refractivity contribution < 1.29 is 9.21 Å². The van der Waals surface area contributed by atoms with E-state index in [0.29, 0.717) is 23.7 Å². The Morgan fingerprint density at radius 1 is 1.35 bits per heavy atom. The Balaban J connectivity index is 1.91. The van der Waals surface area contributed by atoms with E-state index in [4.69, 9.17) is 9.68 Å². The van der Waals surface area contributed by atoms with Crippen molar-refractivity contribution in [2.75, 3.05) is 5.32 Å². The smallest absolute Gasteiger partial charge is 0.245 e. The summed E-state index contributed by atoms with van der Waals surface area (Å²) in [4.78, 5) is 12.4. The van der Waals surface area contributed by atoms with Gasteiger partial charge in [-0.1, -0.05) is 0 Å². The molecule has 3 aromatic heterocycles. The number of nitrogens with one attached hydrogen (secondary N) is 1. The number of nitrogens with zero attached hydrogens (tertiary/aromatic N) is 6. The second-order valence-electron chi connectivity index (χ2n) is 5.65. The molecule has 1 N–H and O–H groups in total. The molecule has 0 saturated carbocycles. The summed E-state index contributed by atoms with van der Waals surface area (Å²) in [5.74, 6) is 0.749. The van der Waals surface area contributed by atoms with E-state index in [0.717, 1.165) is 11.3 Å². The highest BCUT2D eigenvalue weighted by Gasteiger charge is 2.21. The average molecular weight is 349 g/mol. The van der Waals surface area contributed by atoms with Gasteiger partial charge in [0.2, 0.25) is 11.7 Å². The number of hydrogen-bond donors (Lipinski definition) is 1. The van der Waals surface area contributed by atoms with Crippen LogP contribution < -0.4 is 5.32 Å². The fourth-order valence-corrected chi connectivity index (χ4v) is 2.67. The lowest BCUT2D eigenvalue weighted by Crippen LogP contribution is -2.22. The van der Waals surface area contributed by atoms with Gasteiger partial charge in [0.1, 0.15) is 36.6 Å². The molecule has 9 nitrogen and oxygen atoms in total. The van der Waals surface area contributed by atoms with Crippen molar-refractivity contribution in [3.63, 3.8) is 0 Å². The number of carbonyl (C=O) groups is 1. The minimum Gasteiger partial charge on any atom is -0.467 e. The molecule has 0 aliphatic heterocycles. The third-order valence-corrected chi connectivity index (χ3v) is 4.12. The Labute approximate surface area is 149 Å². The maximum absolute atomic E-state index is 12.4. The average Bonchev–Trinajstić information content (AvgIpc) is 3.33. The molecule has 0 aliphatic rings. The van der Waals surface area contributed by atoms with Gasteiger partial charge in [0, 0.05) is 5.69 Å². The summed E-state index contributed by atoms with van der Waals surface area (Å²) in [6.07, 6.45) is 2.88. The van der Waals surface area contributed by atoms with E-state index < -0.39 is 5.91 Å². The van der Waals surface area contributed by atoms with E-state index >= 15 is 0 Å². The maximum atomic E-state index is 12.4. The van der Waals surface area contributed by atoms with Crippen LogP contribution in [-0.4, -0.2) is 25.2 Å². The number of hydrogen-bond acceptors (Lipinski definition) is 6. The van der Waals surface area contributed by atoms with Crippen molar-refractivity contribution in [1.82, 2.24) is 19.3 Å². The summed E-state index contributed by atoms with van der Waals surface area (Å²) >= 11 is 0. The fraction of sp³-hybridized carbons (Fsp3) is 0.235.